The van der Waals surface area contributed by atoms with E-state index in [1.54, 1.807) is 5.01 Å². The molecule has 1 saturated carbocycles. The number of carbonyl (C=O) groups excluding carboxylic acids is 2. The largest absolute Gasteiger partial charge is 0.366 e. The number of ether oxygens (including phenoxy) is 2. The third kappa shape index (κ3) is 4.23. The highest BCUT2D eigenvalue weighted by Gasteiger charge is 2.52. The van der Waals surface area contributed by atoms with Crippen LogP contribution in [0.1, 0.15) is 53.4 Å². The number of fused-ring (bicyclic) bond motifs is 2. The minimum Gasteiger partial charge on any atom is -0.366 e. The Labute approximate surface area is 174 Å². The molecule has 0 radical (unpaired) electrons. The minimum absolute atomic E-state index is 0.0131. The van der Waals surface area contributed by atoms with Gasteiger partial charge in [0, 0.05) is 12.6 Å². The van der Waals surface area contributed by atoms with Crippen LogP contribution in [0.15, 0.2) is 0 Å². The van der Waals surface area contributed by atoms with Crippen LogP contribution < -0.4 is 5.73 Å². The zero-order valence-corrected chi connectivity index (χ0v) is 18.2. The Morgan fingerprint density at radius 2 is 1.83 bits per heavy atom. The zero-order valence-electron chi connectivity index (χ0n) is 18.2. The number of hydrogen-bond donors (Lipinski definition) is 1. The lowest BCUT2D eigenvalue weighted by Crippen LogP contribution is -2.65. The van der Waals surface area contributed by atoms with Crippen LogP contribution in [0.5, 0.6) is 0 Å². The maximum atomic E-state index is 13.0. The van der Waals surface area contributed by atoms with Crippen LogP contribution in [0.3, 0.4) is 0 Å². The molecule has 4 aliphatic rings. The summed E-state index contributed by atoms with van der Waals surface area (Å²) in [6, 6.07) is -0.304. The number of hydrogen-bond acceptors (Lipinski definition) is 6. The average molecular weight is 412 g/mol. The van der Waals surface area contributed by atoms with Crippen LogP contribution in [-0.2, 0) is 14.3 Å². The van der Waals surface area contributed by atoms with Gasteiger partial charge in [0.25, 0.3) is 0 Å². The minimum atomic E-state index is -0.164. The molecule has 166 valence electrons. The van der Waals surface area contributed by atoms with Crippen molar-refractivity contribution in [2.45, 2.75) is 83.8 Å². The number of urea groups is 1. The molecule has 9 nitrogen and oxygen atoms in total. The van der Waals surface area contributed by atoms with E-state index in [4.69, 9.17) is 15.2 Å². The summed E-state index contributed by atoms with van der Waals surface area (Å²) in [7, 11) is 0. The number of hydrazine groups is 1. The Morgan fingerprint density at radius 3 is 2.45 bits per heavy atom. The molecular formula is C20H37N5O4. The molecule has 3 saturated heterocycles. The smallest absolute Gasteiger partial charge is 0.336 e. The molecule has 0 bridgehead atoms. The van der Waals surface area contributed by atoms with Crippen molar-refractivity contribution in [1.29, 1.82) is 0 Å². The summed E-state index contributed by atoms with van der Waals surface area (Å²) in [6.45, 7) is 10.7. The number of carbonyl (C=O) groups is 2. The highest BCUT2D eigenvalue weighted by molar-refractivity contribution is 5.79. The Hall–Kier alpha value is -1.42. The van der Waals surface area contributed by atoms with E-state index in [0.717, 1.165) is 0 Å². The molecule has 0 aromatic carbocycles. The molecule has 0 aromatic rings. The van der Waals surface area contributed by atoms with Crippen LogP contribution in [0.2, 0.25) is 0 Å². The standard InChI is InChI=1S/C16H27N5O4.C4H10/c1-3-18-13-7-12(11(17)6-14(13)25-8-15(18)22)21-10(2)20-9-24-5-4-19(20)16(21)23;1-3-4-2/h10-14H,3-9,17H2,1-2H3;3-4H2,1-2H3. The molecule has 4 rings (SSSR count). The SMILES string of the molecule is CCCC.CCN1C(=O)COC2CC(N)C(N3C(=O)N4CCOCN4C3C)CC21. The van der Waals surface area contributed by atoms with E-state index < -0.39 is 0 Å². The number of nitrogens with zero attached hydrogens (tertiary/aromatic N) is 4. The van der Waals surface area contributed by atoms with Gasteiger partial charge in [-0.25, -0.2) is 4.79 Å². The maximum Gasteiger partial charge on any atom is 0.336 e. The van der Waals surface area contributed by atoms with E-state index in [-0.39, 0.29) is 48.9 Å². The summed E-state index contributed by atoms with van der Waals surface area (Å²) in [4.78, 5) is 28.9. The first-order valence-corrected chi connectivity index (χ1v) is 11.0. The van der Waals surface area contributed by atoms with E-state index in [9.17, 15) is 9.59 Å². The highest BCUT2D eigenvalue weighted by atomic mass is 16.5. The van der Waals surface area contributed by atoms with Crippen LogP contribution >= 0.6 is 0 Å². The van der Waals surface area contributed by atoms with Gasteiger partial charge >= 0.3 is 6.03 Å². The molecule has 29 heavy (non-hydrogen) atoms. The van der Waals surface area contributed by atoms with E-state index in [0.29, 0.717) is 39.3 Å². The second-order valence-electron chi connectivity index (χ2n) is 8.22. The first-order valence-electron chi connectivity index (χ1n) is 11.0. The van der Waals surface area contributed by atoms with Crippen molar-refractivity contribution in [3.05, 3.63) is 0 Å². The maximum absolute atomic E-state index is 13.0. The number of rotatable bonds is 3. The van der Waals surface area contributed by atoms with Crippen LogP contribution in [0, 0.1) is 0 Å². The molecule has 0 aromatic heterocycles. The Bertz CT molecular complexity index is 589. The fourth-order valence-electron chi connectivity index (χ4n) is 4.72. The van der Waals surface area contributed by atoms with E-state index >= 15 is 0 Å². The van der Waals surface area contributed by atoms with Crippen LogP contribution in [0.25, 0.3) is 0 Å². The molecule has 5 atom stereocenters. The van der Waals surface area contributed by atoms with Gasteiger partial charge in [-0.2, -0.15) is 5.01 Å². The summed E-state index contributed by atoms with van der Waals surface area (Å²) in [5, 5.41) is 3.71. The van der Waals surface area contributed by atoms with Crippen molar-refractivity contribution in [2.75, 3.05) is 33.0 Å². The molecule has 5 unspecified atom stereocenters. The van der Waals surface area contributed by atoms with Crippen molar-refractivity contribution in [2.24, 2.45) is 5.73 Å². The van der Waals surface area contributed by atoms with Crippen LogP contribution in [-0.4, -0.2) is 95.2 Å². The molecule has 3 aliphatic heterocycles. The summed E-state index contributed by atoms with van der Waals surface area (Å²) < 4.78 is 11.2. The summed E-state index contributed by atoms with van der Waals surface area (Å²) >= 11 is 0. The second kappa shape index (κ2) is 9.59. The van der Waals surface area contributed by atoms with Gasteiger partial charge < -0.3 is 25.0 Å². The fourth-order valence-corrected chi connectivity index (χ4v) is 4.72. The molecule has 2 N–H and O–H groups in total. The third-order valence-corrected chi connectivity index (χ3v) is 6.51. The van der Waals surface area contributed by atoms with E-state index in [1.165, 1.54) is 12.8 Å². The van der Waals surface area contributed by atoms with Crippen molar-refractivity contribution in [3.63, 3.8) is 0 Å². The lowest BCUT2D eigenvalue weighted by Gasteiger charge is -2.49. The summed E-state index contributed by atoms with van der Waals surface area (Å²) in [6.07, 6.45) is 3.81. The van der Waals surface area contributed by atoms with Crippen LogP contribution in [0.4, 0.5) is 4.79 Å². The first-order chi connectivity index (χ1) is 13.9. The highest BCUT2D eigenvalue weighted by Crippen LogP contribution is 2.35. The third-order valence-electron chi connectivity index (χ3n) is 6.51. The van der Waals surface area contributed by atoms with Gasteiger partial charge in [0.15, 0.2) is 0 Å². The van der Waals surface area contributed by atoms with Gasteiger partial charge in [-0.3, -0.25) is 9.80 Å². The lowest BCUT2D eigenvalue weighted by atomic mass is 9.82. The summed E-state index contributed by atoms with van der Waals surface area (Å²) in [5.41, 5.74) is 6.46. The van der Waals surface area contributed by atoms with Crippen molar-refractivity contribution < 1.29 is 19.1 Å². The van der Waals surface area contributed by atoms with Gasteiger partial charge in [-0.05, 0) is 26.7 Å². The van der Waals surface area contributed by atoms with Gasteiger partial charge in [0.1, 0.15) is 19.5 Å². The molecule has 3 heterocycles. The first kappa shape index (κ1) is 22.3. The molecule has 4 fully saturated rings. The summed E-state index contributed by atoms with van der Waals surface area (Å²) in [5.74, 6) is 0.0216. The van der Waals surface area contributed by atoms with Gasteiger partial charge in [-0.1, -0.05) is 26.7 Å². The van der Waals surface area contributed by atoms with Gasteiger partial charge in [-0.15, -0.1) is 0 Å². The molecular weight excluding hydrogens is 374 g/mol. The number of unbranched alkanes of at least 4 members (excludes halogenated alkanes) is 1. The monoisotopic (exact) mass is 411 g/mol. The van der Waals surface area contributed by atoms with Gasteiger partial charge in [0.2, 0.25) is 5.91 Å². The Morgan fingerprint density at radius 1 is 1.10 bits per heavy atom. The molecule has 0 spiro atoms. The molecule has 1 aliphatic carbocycles. The predicted molar refractivity (Wildman–Crippen MR) is 109 cm³/mol. The fraction of sp³-hybridized carbons (Fsp3) is 0.900. The number of amides is 3. The molecule has 9 heteroatoms. The van der Waals surface area contributed by atoms with Crippen molar-refractivity contribution >= 4 is 11.9 Å². The van der Waals surface area contributed by atoms with E-state index in [1.807, 2.05) is 28.7 Å². The number of likely N-dealkylation sites (N-methyl/N-ethyl adjacent to an activating group) is 1. The number of nitrogens with two attached hydrogens (primary N) is 1. The Kier molecular flexibility index (Phi) is 7.37. The average Bonchev–Trinajstić information content (AvgIpc) is 2.98. The topological polar surface area (TPSA) is 91.6 Å². The quantitative estimate of drug-likeness (QED) is 0.750. The lowest BCUT2D eigenvalue weighted by molar-refractivity contribution is -0.164. The van der Waals surface area contributed by atoms with Crippen molar-refractivity contribution in [1.82, 2.24) is 19.8 Å². The zero-order chi connectivity index (χ0) is 21.1. The predicted octanol–water partition coefficient (Wildman–Crippen LogP) is 1.19. The van der Waals surface area contributed by atoms with Gasteiger partial charge in [0.05, 0.1) is 31.3 Å². The normalized spacial score (nSPS) is 35.2. The van der Waals surface area contributed by atoms with Crippen molar-refractivity contribution in [3.8, 4) is 0 Å². The van der Waals surface area contributed by atoms with E-state index in [2.05, 4.69) is 13.8 Å². The Balaban J connectivity index is 0.000000552. The second-order valence-corrected chi connectivity index (χ2v) is 8.22. The number of morpholine rings is 1. The molecule has 3 amide bonds.